The van der Waals surface area contributed by atoms with Crippen molar-refractivity contribution in [3.63, 3.8) is 0 Å². The van der Waals surface area contributed by atoms with Crippen LogP contribution < -0.4 is 19.5 Å². The first kappa shape index (κ1) is 14.7. The van der Waals surface area contributed by atoms with E-state index in [1.807, 2.05) is 12.1 Å². The summed E-state index contributed by atoms with van der Waals surface area (Å²) in [6.45, 7) is 1.07. The van der Waals surface area contributed by atoms with Crippen molar-refractivity contribution in [3.8, 4) is 17.2 Å². The maximum absolute atomic E-state index is 5.46. The van der Waals surface area contributed by atoms with Crippen LogP contribution in [0.5, 0.6) is 17.2 Å². The lowest BCUT2D eigenvalue weighted by Gasteiger charge is -2.25. The molecule has 0 fully saturated rings. The molecule has 4 nitrogen and oxygen atoms in total. The van der Waals surface area contributed by atoms with E-state index in [0.717, 1.165) is 30.2 Å². The van der Waals surface area contributed by atoms with Gasteiger partial charge in [-0.1, -0.05) is 0 Å². The molecular formula is C18H22NO3+. The van der Waals surface area contributed by atoms with Crippen molar-refractivity contribution in [1.82, 2.24) is 0 Å². The summed E-state index contributed by atoms with van der Waals surface area (Å²) in [6.07, 6.45) is 1.04. The maximum atomic E-state index is 5.46. The maximum Gasteiger partial charge on any atom is 0.161 e. The smallest absolute Gasteiger partial charge is 0.161 e. The largest absolute Gasteiger partial charge is 0.497 e. The van der Waals surface area contributed by atoms with Gasteiger partial charge in [0.2, 0.25) is 0 Å². The Balaban J connectivity index is 2.02. The van der Waals surface area contributed by atoms with E-state index in [-0.39, 0.29) is 6.04 Å². The molecule has 0 radical (unpaired) electrons. The molecule has 2 aromatic carbocycles. The van der Waals surface area contributed by atoms with E-state index in [2.05, 4.69) is 29.6 Å². The van der Waals surface area contributed by atoms with Crippen LogP contribution in [0.4, 0.5) is 0 Å². The van der Waals surface area contributed by atoms with E-state index in [1.165, 1.54) is 16.7 Å². The third-order valence-corrected chi connectivity index (χ3v) is 4.27. The highest BCUT2D eigenvalue weighted by molar-refractivity contribution is 5.50. The van der Waals surface area contributed by atoms with Crippen LogP contribution in [0.2, 0.25) is 0 Å². The molecule has 4 heteroatoms. The standard InChI is InChI=1S/C18H21NO3/c1-20-14-6-4-12(5-7-14)18-15-11-17(22-3)16(21-2)10-13(15)8-9-19-18/h4-7,10-11,18-19H,8-9H2,1-3H3/p+1/t18-/m1/s1. The highest BCUT2D eigenvalue weighted by atomic mass is 16.5. The van der Waals surface area contributed by atoms with Crippen LogP contribution in [0, 0.1) is 0 Å². The highest BCUT2D eigenvalue weighted by Crippen LogP contribution is 2.35. The number of rotatable bonds is 4. The summed E-state index contributed by atoms with van der Waals surface area (Å²) in [5.74, 6) is 2.47. The molecule has 1 aliphatic rings. The van der Waals surface area contributed by atoms with Crippen LogP contribution in [0.1, 0.15) is 22.7 Å². The Bertz CT molecular complexity index is 652. The molecule has 0 saturated carbocycles. The molecule has 1 atom stereocenters. The molecule has 0 aliphatic carbocycles. The fraction of sp³-hybridized carbons (Fsp3) is 0.333. The van der Waals surface area contributed by atoms with Gasteiger partial charge in [-0.15, -0.1) is 0 Å². The SMILES string of the molecule is COc1ccc([C@H]2[NH2+]CCc3cc(OC)c(OC)cc32)cc1. The number of hydrogen-bond donors (Lipinski definition) is 1. The molecule has 2 N–H and O–H groups in total. The van der Waals surface area contributed by atoms with Gasteiger partial charge in [0, 0.05) is 17.5 Å². The average molecular weight is 300 g/mol. The predicted molar refractivity (Wildman–Crippen MR) is 84.9 cm³/mol. The van der Waals surface area contributed by atoms with Crippen molar-refractivity contribution in [2.45, 2.75) is 12.5 Å². The number of methoxy groups -OCH3 is 3. The van der Waals surface area contributed by atoms with E-state index in [9.17, 15) is 0 Å². The Morgan fingerprint density at radius 3 is 2.23 bits per heavy atom. The van der Waals surface area contributed by atoms with Gasteiger partial charge in [-0.25, -0.2) is 0 Å². The minimum absolute atomic E-state index is 0.287. The number of hydrogen-bond acceptors (Lipinski definition) is 3. The number of quaternary nitrogens is 1. The van der Waals surface area contributed by atoms with Crippen LogP contribution in [0.25, 0.3) is 0 Å². The fourth-order valence-corrected chi connectivity index (χ4v) is 3.10. The van der Waals surface area contributed by atoms with Crippen LogP contribution >= 0.6 is 0 Å². The third-order valence-electron chi connectivity index (χ3n) is 4.27. The summed E-state index contributed by atoms with van der Waals surface area (Å²) in [7, 11) is 5.05. The minimum atomic E-state index is 0.287. The highest BCUT2D eigenvalue weighted by Gasteiger charge is 2.27. The molecule has 0 saturated heterocycles. The lowest BCUT2D eigenvalue weighted by atomic mass is 9.89. The van der Waals surface area contributed by atoms with Gasteiger partial charge < -0.3 is 19.5 Å². The summed E-state index contributed by atoms with van der Waals surface area (Å²) >= 11 is 0. The van der Waals surface area contributed by atoms with Crippen molar-refractivity contribution in [3.05, 3.63) is 53.1 Å². The Labute approximate surface area is 131 Å². The van der Waals surface area contributed by atoms with Gasteiger partial charge >= 0.3 is 0 Å². The monoisotopic (exact) mass is 300 g/mol. The van der Waals surface area contributed by atoms with E-state index in [4.69, 9.17) is 14.2 Å². The quantitative estimate of drug-likeness (QED) is 0.938. The zero-order valence-electron chi connectivity index (χ0n) is 13.3. The normalized spacial score (nSPS) is 16.8. The molecule has 2 aromatic rings. The van der Waals surface area contributed by atoms with E-state index >= 15 is 0 Å². The fourth-order valence-electron chi connectivity index (χ4n) is 3.10. The third kappa shape index (κ3) is 2.62. The number of benzene rings is 2. The Hall–Kier alpha value is -2.20. The molecule has 0 bridgehead atoms. The first-order chi connectivity index (χ1) is 10.8. The Morgan fingerprint density at radius 1 is 0.909 bits per heavy atom. The van der Waals surface area contributed by atoms with Crippen LogP contribution in [-0.4, -0.2) is 27.9 Å². The van der Waals surface area contributed by atoms with E-state index in [1.54, 1.807) is 21.3 Å². The predicted octanol–water partition coefficient (Wildman–Crippen LogP) is 1.92. The van der Waals surface area contributed by atoms with E-state index < -0.39 is 0 Å². The first-order valence-electron chi connectivity index (χ1n) is 7.49. The first-order valence-corrected chi connectivity index (χ1v) is 7.49. The summed E-state index contributed by atoms with van der Waals surface area (Å²) in [6, 6.07) is 12.8. The van der Waals surface area contributed by atoms with Gasteiger partial charge in [0.25, 0.3) is 0 Å². The van der Waals surface area contributed by atoms with Crippen molar-refractivity contribution in [2.24, 2.45) is 0 Å². The van der Waals surface area contributed by atoms with Gasteiger partial charge in [-0.2, -0.15) is 0 Å². The van der Waals surface area contributed by atoms with Crippen LogP contribution in [-0.2, 0) is 6.42 Å². The molecule has 1 aliphatic heterocycles. The topological polar surface area (TPSA) is 44.3 Å². The molecular weight excluding hydrogens is 278 g/mol. The molecule has 22 heavy (non-hydrogen) atoms. The zero-order valence-corrected chi connectivity index (χ0v) is 13.3. The Kier molecular flexibility index (Phi) is 4.20. The molecule has 0 spiro atoms. The van der Waals surface area contributed by atoms with Gasteiger partial charge in [0.1, 0.15) is 11.8 Å². The van der Waals surface area contributed by atoms with Crippen molar-refractivity contribution < 1.29 is 19.5 Å². The lowest BCUT2D eigenvalue weighted by Crippen LogP contribution is -2.87. The second-order valence-corrected chi connectivity index (χ2v) is 5.43. The Morgan fingerprint density at radius 2 is 1.59 bits per heavy atom. The minimum Gasteiger partial charge on any atom is -0.497 e. The van der Waals surface area contributed by atoms with Crippen LogP contribution in [0.15, 0.2) is 36.4 Å². The van der Waals surface area contributed by atoms with Crippen molar-refractivity contribution in [2.75, 3.05) is 27.9 Å². The van der Waals surface area contributed by atoms with Gasteiger partial charge in [0.05, 0.1) is 27.9 Å². The van der Waals surface area contributed by atoms with Crippen LogP contribution in [0.3, 0.4) is 0 Å². The number of fused-ring (bicyclic) bond motifs is 1. The second-order valence-electron chi connectivity index (χ2n) is 5.43. The summed E-state index contributed by atoms with van der Waals surface area (Å²) in [4.78, 5) is 0. The molecule has 1 heterocycles. The van der Waals surface area contributed by atoms with Gasteiger partial charge in [0.15, 0.2) is 11.5 Å². The number of nitrogens with two attached hydrogens (primary N) is 1. The summed E-state index contributed by atoms with van der Waals surface area (Å²) in [5, 5.41) is 2.37. The van der Waals surface area contributed by atoms with Crippen molar-refractivity contribution in [1.29, 1.82) is 0 Å². The molecule has 3 rings (SSSR count). The van der Waals surface area contributed by atoms with Crippen molar-refractivity contribution >= 4 is 0 Å². The number of ether oxygens (including phenoxy) is 3. The lowest BCUT2D eigenvalue weighted by molar-refractivity contribution is -0.690. The van der Waals surface area contributed by atoms with E-state index in [0.29, 0.717) is 0 Å². The van der Waals surface area contributed by atoms with Gasteiger partial charge in [-0.3, -0.25) is 0 Å². The average Bonchev–Trinajstić information content (AvgIpc) is 2.60. The zero-order chi connectivity index (χ0) is 15.5. The molecule has 0 amide bonds. The molecule has 0 unspecified atom stereocenters. The summed E-state index contributed by atoms with van der Waals surface area (Å²) < 4.78 is 16.1. The second kappa shape index (κ2) is 6.28. The summed E-state index contributed by atoms with van der Waals surface area (Å²) in [5.41, 5.74) is 3.91. The molecule has 116 valence electrons. The molecule has 0 aromatic heterocycles. The van der Waals surface area contributed by atoms with Gasteiger partial charge in [-0.05, 0) is 42.0 Å².